The quantitative estimate of drug-likeness (QED) is 0.712. The topological polar surface area (TPSA) is 56.0 Å². The number of piperidine rings is 1. The second kappa shape index (κ2) is 7.18. The predicted molar refractivity (Wildman–Crippen MR) is 106 cm³/mol. The molecule has 1 aliphatic heterocycles. The summed E-state index contributed by atoms with van der Waals surface area (Å²) in [6.07, 6.45) is 4.67. The van der Waals surface area contributed by atoms with Crippen molar-refractivity contribution in [1.82, 2.24) is 24.2 Å². The van der Waals surface area contributed by atoms with Gasteiger partial charge in [-0.1, -0.05) is 11.6 Å². The number of nitrogens with zero attached hydrogens (tertiary/aromatic N) is 5. The highest BCUT2D eigenvalue weighted by Gasteiger charge is 2.26. The molecule has 0 N–H and O–H groups in total. The minimum atomic E-state index is 0.225. The van der Waals surface area contributed by atoms with Gasteiger partial charge < -0.3 is 9.47 Å². The van der Waals surface area contributed by atoms with E-state index in [1.807, 2.05) is 23.4 Å². The highest BCUT2D eigenvalue weighted by molar-refractivity contribution is 5.81. The van der Waals surface area contributed by atoms with Crippen LogP contribution < -0.4 is 0 Å². The normalized spacial score (nSPS) is 17.6. The maximum absolute atomic E-state index is 12.8. The van der Waals surface area contributed by atoms with Crippen LogP contribution in [0.4, 0.5) is 0 Å². The number of hydrogen-bond donors (Lipinski definition) is 0. The van der Waals surface area contributed by atoms with Crippen molar-refractivity contribution in [1.29, 1.82) is 0 Å². The van der Waals surface area contributed by atoms with Crippen LogP contribution in [0.25, 0.3) is 10.9 Å². The van der Waals surface area contributed by atoms with Crippen LogP contribution in [0.2, 0.25) is 0 Å². The average molecular weight is 365 g/mol. The van der Waals surface area contributed by atoms with E-state index in [4.69, 9.17) is 0 Å². The van der Waals surface area contributed by atoms with E-state index in [-0.39, 0.29) is 11.9 Å². The van der Waals surface area contributed by atoms with Gasteiger partial charge in [-0.3, -0.25) is 4.79 Å². The molecular weight excluding hydrogens is 338 g/mol. The zero-order valence-corrected chi connectivity index (χ0v) is 16.4. The lowest BCUT2D eigenvalue weighted by molar-refractivity contribution is -0.133. The summed E-state index contributed by atoms with van der Waals surface area (Å²) in [5.41, 5.74) is 2.45. The van der Waals surface area contributed by atoms with E-state index in [9.17, 15) is 4.79 Å². The van der Waals surface area contributed by atoms with Gasteiger partial charge in [-0.2, -0.15) is 5.10 Å². The summed E-state index contributed by atoms with van der Waals surface area (Å²) >= 11 is 0. The Kier molecular flexibility index (Phi) is 4.72. The number of fused-ring (bicyclic) bond motifs is 1. The molecule has 0 aliphatic carbocycles. The molecule has 2 aromatic heterocycles. The van der Waals surface area contributed by atoms with E-state index in [0.717, 1.165) is 37.6 Å². The third-order valence-electron chi connectivity index (χ3n) is 5.50. The van der Waals surface area contributed by atoms with E-state index in [0.29, 0.717) is 13.0 Å². The fourth-order valence-electron chi connectivity index (χ4n) is 4.15. The number of carbonyl (C=O) groups excluding carboxylic acids is 1. The zero-order valence-electron chi connectivity index (χ0n) is 16.4. The molecule has 0 bridgehead atoms. The summed E-state index contributed by atoms with van der Waals surface area (Å²) in [4.78, 5) is 19.2. The van der Waals surface area contributed by atoms with Crippen molar-refractivity contribution in [3.8, 4) is 0 Å². The third kappa shape index (κ3) is 3.61. The van der Waals surface area contributed by atoms with Gasteiger partial charge in [-0.25, -0.2) is 9.67 Å². The Morgan fingerprint density at radius 2 is 2.07 bits per heavy atom. The number of likely N-dealkylation sites (tertiary alicyclic amines) is 1. The number of rotatable bonds is 4. The molecule has 1 amide bonds. The van der Waals surface area contributed by atoms with Crippen LogP contribution in [-0.4, -0.2) is 43.2 Å². The monoisotopic (exact) mass is 365 g/mol. The Labute approximate surface area is 159 Å². The molecule has 1 unspecified atom stereocenters. The van der Waals surface area contributed by atoms with Crippen molar-refractivity contribution >= 4 is 16.8 Å². The minimum absolute atomic E-state index is 0.225. The highest BCUT2D eigenvalue weighted by atomic mass is 16.2. The van der Waals surface area contributed by atoms with E-state index in [1.165, 1.54) is 16.5 Å². The third-order valence-corrected chi connectivity index (χ3v) is 5.50. The van der Waals surface area contributed by atoms with Crippen molar-refractivity contribution in [2.24, 2.45) is 0 Å². The van der Waals surface area contributed by atoms with Gasteiger partial charge in [0.05, 0.1) is 6.04 Å². The van der Waals surface area contributed by atoms with Crippen molar-refractivity contribution < 1.29 is 4.79 Å². The van der Waals surface area contributed by atoms with Crippen LogP contribution in [0.1, 0.15) is 42.5 Å². The van der Waals surface area contributed by atoms with Crippen molar-refractivity contribution in [2.45, 2.75) is 52.6 Å². The van der Waals surface area contributed by atoms with E-state index >= 15 is 0 Å². The molecule has 4 rings (SSSR count). The van der Waals surface area contributed by atoms with Gasteiger partial charge in [0.15, 0.2) is 0 Å². The number of benzene rings is 1. The number of carbonyl (C=O) groups is 1. The second-order valence-electron chi connectivity index (χ2n) is 7.61. The predicted octanol–water partition coefficient (Wildman–Crippen LogP) is 3.41. The number of amides is 1. The SMILES string of the molecule is Cc1ccc2c(ccn2CCC(=O)N2CCCC(n3nc(C)nc3C)C2)c1. The lowest BCUT2D eigenvalue weighted by Crippen LogP contribution is -2.41. The Morgan fingerprint density at radius 3 is 2.85 bits per heavy atom. The van der Waals surface area contributed by atoms with Crippen molar-refractivity contribution in [3.63, 3.8) is 0 Å². The fraction of sp³-hybridized carbons (Fsp3) is 0.476. The van der Waals surface area contributed by atoms with Gasteiger partial charge in [-0.15, -0.1) is 0 Å². The first-order valence-corrected chi connectivity index (χ1v) is 9.74. The smallest absolute Gasteiger partial charge is 0.224 e. The molecule has 6 nitrogen and oxygen atoms in total. The van der Waals surface area contributed by atoms with Gasteiger partial charge in [0.1, 0.15) is 11.6 Å². The first-order valence-electron chi connectivity index (χ1n) is 9.74. The molecular formula is C21H27N5O. The second-order valence-corrected chi connectivity index (χ2v) is 7.61. The zero-order chi connectivity index (χ0) is 19.0. The molecule has 3 heterocycles. The molecule has 1 atom stereocenters. The molecule has 0 radical (unpaired) electrons. The summed E-state index contributed by atoms with van der Waals surface area (Å²) in [6, 6.07) is 8.81. The molecule has 6 heteroatoms. The summed E-state index contributed by atoms with van der Waals surface area (Å²) in [5, 5.41) is 5.75. The summed E-state index contributed by atoms with van der Waals surface area (Å²) < 4.78 is 4.18. The molecule has 1 aliphatic rings. The number of hydrogen-bond acceptors (Lipinski definition) is 3. The highest BCUT2D eigenvalue weighted by Crippen LogP contribution is 2.23. The van der Waals surface area contributed by atoms with Gasteiger partial charge >= 0.3 is 0 Å². The molecule has 0 saturated carbocycles. The van der Waals surface area contributed by atoms with Crippen molar-refractivity contribution in [3.05, 3.63) is 47.7 Å². The minimum Gasteiger partial charge on any atom is -0.347 e. The van der Waals surface area contributed by atoms with Crippen LogP contribution >= 0.6 is 0 Å². The number of aromatic nitrogens is 4. The van der Waals surface area contributed by atoms with Crippen LogP contribution in [0, 0.1) is 20.8 Å². The van der Waals surface area contributed by atoms with E-state index < -0.39 is 0 Å². The standard InChI is InChI=1S/C21H27N5O/c1-15-6-7-20-18(13-15)8-11-24(20)12-9-21(27)25-10-4-5-19(14-25)26-17(3)22-16(2)23-26/h6-8,11,13,19H,4-5,9-10,12,14H2,1-3H3. The average Bonchev–Trinajstić information content (AvgIpc) is 3.21. The fourth-order valence-corrected chi connectivity index (χ4v) is 4.15. The number of aryl methyl sites for hydroxylation is 4. The van der Waals surface area contributed by atoms with Gasteiger partial charge in [0.2, 0.25) is 5.91 Å². The first-order chi connectivity index (χ1) is 13.0. The molecule has 27 heavy (non-hydrogen) atoms. The Morgan fingerprint density at radius 1 is 1.22 bits per heavy atom. The van der Waals surface area contributed by atoms with Crippen molar-refractivity contribution in [2.75, 3.05) is 13.1 Å². The summed E-state index contributed by atoms with van der Waals surface area (Å²) in [6.45, 7) is 8.29. The Hall–Kier alpha value is -2.63. The molecule has 3 aromatic rings. The Balaban J connectivity index is 1.41. The van der Waals surface area contributed by atoms with Crippen LogP contribution in [0.15, 0.2) is 30.5 Å². The molecule has 0 spiro atoms. The molecule has 1 saturated heterocycles. The lowest BCUT2D eigenvalue weighted by atomic mass is 10.1. The molecule has 1 fully saturated rings. The van der Waals surface area contributed by atoms with E-state index in [1.54, 1.807) is 0 Å². The van der Waals surface area contributed by atoms with Crippen LogP contribution in [-0.2, 0) is 11.3 Å². The Bertz CT molecular complexity index is 970. The van der Waals surface area contributed by atoms with Gasteiger partial charge in [-0.05, 0) is 57.2 Å². The largest absolute Gasteiger partial charge is 0.347 e. The summed E-state index contributed by atoms with van der Waals surface area (Å²) in [7, 11) is 0. The lowest BCUT2D eigenvalue weighted by Gasteiger charge is -2.33. The summed E-state index contributed by atoms with van der Waals surface area (Å²) in [5.74, 6) is 1.95. The van der Waals surface area contributed by atoms with Gasteiger partial charge in [0.25, 0.3) is 0 Å². The van der Waals surface area contributed by atoms with Crippen LogP contribution in [0.3, 0.4) is 0 Å². The molecule has 1 aromatic carbocycles. The first kappa shape index (κ1) is 17.8. The maximum atomic E-state index is 12.8. The van der Waals surface area contributed by atoms with Crippen LogP contribution in [0.5, 0.6) is 0 Å². The van der Waals surface area contributed by atoms with Gasteiger partial charge in [0, 0.05) is 37.8 Å². The molecule has 142 valence electrons. The van der Waals surface area contributed by atoms with E-state index in [2.05, 4.69) is 52.0 Å². The maximum Gasteiger partial charge on any atom is 0.224 e.